The van der Waals surface area contributed by atoms with Gasteiger partial charge in [-0.05, 0) is 25.9 Å². The molecule has 9 heavy (non-hydrogen) atoms. The van der Waals surface area contributed by atoms with E-state index in [2.05, 4.69) is 27.3 Å². The zero-order valence-electron chi connectivity index (χ0n) is 6.98. The van der Waals surface area contributed by atoms with Gasteiger partial charge in [0.1, 0.15) is 0 Å². The summed E-state index contributed by atoms with van der Waals surface area (Å²) in [7, 11) is -0.757. The molecule has 1 nitrogen and oxygen atoms in total. The van der Waals surface area contributed by atoms with E-state index in [-0.39, 0.29) is 0 Å². The van der Waals surface area contributed by atoms with Crippen LogP contribution in [-0.2, 0) is 4.43 Å². The average molecular weight is 146 g/mol. The largest absolute Gasteiger partial charge is 0.418 e. The lowest BCUT2D eigenvalue weighted by Crippen LogP contribution is -2.18. The Morgan fingerprint density at radius 2 is 2.00 bits per heavy atom. The van der Waals surface area contributed by atoms with Crippen LogP contribution < -0.4 is 0 Å². The fraction of sp³-hybridized carbons (Fsp3) is 1.00. The second-order valence-corrected chi connectivity index (χ2v) is 5.28. The molecule has 56 valence electrons. The molecule has 0 aromatic heterocycles. The van der Waals surface area contributed by atoms with E-state index in [1.807, 2.05) is 0 Å². The minimum Gasteiger partial charge on any atom is -0.418 e. The van der Waals surface area contributed by atoms with Crippen LogP contribution >= 0.6 is 0 Å². The first-order chi connectivity index (χ1) is 4.20. The molecule has 0 spiro atoms. The summed E-state index contributed by atoms with van der Waals surface area (Å²) < 4.78 is 5.69. The van der Waals surface area contributed by atoms with E-state index >= 15 is 0 Å². The highest BCUT2D eigenvalue weighted by Crippen LogP contribution is 2.01. The molecule has 0 rings (SSSR count). The number of hydrogen-bond donors (Lipinski definition) is 0. The first-order valence-electron chi connectivity index (χ1n) is 3.86. The van der Waals surface area contributed by atoms with E-state index in [0.29, 0.717) is 6.10 Å². The molecule has 0 aliphatic rings. The highest BCUT2D eigenvalue weighted by molar-refractivity contribution is 6.50. The van der Waals surface area contributed by atoms with E-state index in [0.717, 1.165) is 6.42 Å². The quantitative estimate of drug-likeness (QED) is 0.552. The van der Waals surface area contributed by atoms with Crippen LogP contribution in [0.1, 0.15) is 27.2 Å². The Balaban J connectivity index is 3.22. The Hall–Kier alpha value is 0.177. The second kappa shape index (κ2) is 5.00. The SMILES string of the molecule is CCC(C)O[SiH](C)CC. The fourth-order valence-electron chi connectivity index (χ4n) is 0.589. The van der Waals surface area contributed by atoms with Gasteiger partial charge in [-0.3, -0.25) is 0 Å². The van der Waals surface area contributed by atoms with Gasteiger partial charge in [-0.25, -0.2) is 0 Å². The molecule has 0 bridgehead atoms. The maximum Gasteiger partial charge on any atom is 0.174 e. The number of rotatable bonds is 4. The van der Waals surface area contributed by atoms with Gasteiger partial charge in [0.05, 0.1) is 0 Å². The maximum absolute atomic E-state index is 5.69. The molecule has 0 saturated heterocycles. The van der Waals surface area contributed by atoms with Crippen molar-refractivity contribution in [2.75, 3.05) is 0 Å². The van der Waals surface area contributed by atoms with Gasteiger partial charge in [0.2, 0.25) is 0 Å². The smallest absolute Gasteiger partial charge is 0.174 e. The maximum atomic E-state index is 5.69. The van der Waals surface area contributed by atoms with Gasteiger partial charge in [0.15, 0.2) is 9.04 Å². The molecule has 2 unspecified atom stereocenters. The van der Waals surface area contributed by atoms with Crippen LogP contribution in [0.15, 0.2) is 0 Å². The zero-order chi connectivity index (χ0) is 7.28. The molecule has 0 heterocycles. The van der Waals surface area contributed by atoms with Crippen LogP contribution in [-0.4, -0.2) is 15.1 Å². The normalized spacial score (nSPS) is 17.3. The van der Waals surface area contributed by atoms with E-state index < -0.39 is 9.04 Å². The number of hydrogen-bond acceptors (Lipinski definition) is 1. The van der Waals surface area contributed by atoms with Crippen LogP contribution in [0.25, 0.3) is 0 Å². The third-order valence-electron chi connectivity index (χ3n) is 1.61. The highest BCUT2D eigenvalue weighted by Gasteiger charge is 2.04. The summed E-state index contributed by atoms with van der Waals surface area (Å²) in [5.74, 6) is 0. The zero-order valence-corrected chi connectivity index (χ0v) is 8.13. The summed E-state index contributed by atoms with van der Waals surface area (Å²) in [5, 5.41) is 0. The molecule has 0 aromatic carbocycles. The summed E-state index contributed by atoms with van der Waals surface area (Å²) in [6.45, 7) is 8.78. The predicted octanol–water partition coefficient (Wildman–Crippen LogP) is 2.17. The minimum atomic E-state index is -0.757. The Bertz CT molecular complexity index is 57.9. The molecular weight excluding hydrogens is 128 g/mol. The first kappa shape index (κ1) is 9.18. The molecule has 0 radical (unpaired) electrons. The third-order valence-corrected chi connectivity index (χ3v) is 3.69. The van der Waals surface area contributed by atoms with Crippen LogP contribution in [0.3, 0.4) is 0 Å². The van der Waals surface area contributed by atoms with Crippen molar-refractivity contribution in [3.63, 3.8) is 0 Å². The molecular formula is C7H18OSi. The predicted molar refractivity (Wildman–Crippen MR) is 44.3 cm³/mol. The summed E-state index contributed by atoms with van der Waals surface area (Å²) in [4.78, 5) is 0. The molecule has 0 amide bonds. The van der Waals surface area contributed by atoms with Crippen molar-refractivity contribution in [2.45, 2.75) is 45.9 Å². The monoisotopic (exact) mass is 146 g/mol. The summed E-state index contributed by atoms with van der Waals surface area (Å²) >= 11 is 0. The van der Waals surface area contributed by atoms with Gasteiger partial charge in [0, 0.05) is 6.10 Å². The molecule has 0 aliphatic carbocycles. The van der Waals surface area contributed by atoms with Gasteiger partial charge in [-0.1, -0.05) is 13.8 Å². The lowest BCUT2D eigenvalue weighted by molar-refractivity contribution is 0.219. The highest BCUT2D eigenvalue weighted by atomic mass is 28.3. The topological polar surface area (TPSA) is 9.23 Å². The van der Waals surface area contributed by atoms with Crippen molar-refractivity contribution >= 4 is 9.04 Å². The van der Waals surface area contributed by atoms with Crippen molar-refractivity contribution < 1.29 is 4.43 Å². The Labute approximate surface area is 60.1 Å². The molecule has 0 N–H and O–H groups in total. The Morgan fingerprint density at radius 3 is 2.33 bits per heavy atom. The van der Waals surface area contributed by atoms with Crippen molar-refractivity contribution in [2.24, 2.45) is 0 Å². The van der Waals surface area contributed by atoms with E-state index in [4.69, 9.17) is 4.43 Å². The van der Waals surface area contributed by atoms with Gasteiger partial charge in [-0.2, -0.15) is 0 Å². The van der Waals surface area contributed by atoms with Crippen molar-refractivity contribution in [3.05, 3.63) is 0 Å². The van der Waals surface area contributed by atoms with Gasteiger partial charge < -0.3 is 4.43 Å². The summed E-state index contributed by atoms with van der Waals surface area (Å²) in [6.07, 6.45) is 1.64. The van der Waals surface area contributed by atoms with E-state index in [1.54, 1.807) is 0 Å². The lowest BCUT2D eigenvalue weighted by atomic mass is 10.3. The third kappa shape index (κ3) is 4.67. The van der Waals surface area contributed by atoms with Crippen LogP contribution in [0.5, 0.6) is 0 Å². The van der Waals surface area contributed by atoms with Crippen LogP contribution in [0.2, 0.25) is 12.6 Å². The van der Waals surface area contributed by atoms with Crippen LogP contribution in [0.4, 0.5) is 0 Å². The lowest BCUT2D eigenvalue weighted by Gasteiger charge is -2.14. The second-order valence-electron chi connectivity index (χ2n) is 2.57. The van der Waals surface area contributed by atoms with Crippen molar-refractivity contribution in [3.8, 4) is 0 Å². The average Bonchev–Trinajstić information content (AvgIpc) is 1.87. The minimum absolute atomic E-state index is 0.492. The Kier molecular flexibility index (Phi) is 5.10. The molecule has 0 saturated carbocycles. The summed E-state index contributed by atoms with van der Waals surface area (Å²) in [5.41, 5.74) is 0. The van der Waals surface area contributed by atoms with Gasteiger partial charge in [-0.15, -0.1) is 0 Å². The van der Waals surface area contributed by atoms with Gasteiger partial charge >= 0.3 is 0 Å². The molecule has 2 atom stereocenters. The van der Waals surface area contributed by atoms with Crippen molar-refractivity contribution in [1.29, 1.82) is 0 Å². The molecule has 0 aliphatic heterocycles. The van der Waals surface area contributed by atoms with E-state index in [9.17, 15) is 0 Å². The van der Waals surface area contributed by atoms with Crippen molar-refractivity contribution in [1.82, 2.24) is 0 Å². The van der Waals surface area contributed by atoms with Gasteiger partial charge in [0.25, 0.3) is 0 Å². The molecule has 2 heteroatoms. The first-order valence-corrected chi connectivity index (χ1v) is 6.30. The molecule has 0 aromatic rings. The molecule has 0 fully saturated rings. The fourth-order valence-corrected chi connectivity index (χ4v) is 1.77. The Morgan fingerprint density at radius 1 is 1.44 bits per heavy atom. The summed E-state index contributed by atoms with van der Waals surface area (Å²) in [6, 6.07) is 1.25. The van der Waals surface area contributed by atoms with E-state index in [1.165, 1.54) is 6.04 Å². The van der Waals surface area contributed by atoms with Crippen LogP contribution in [0, 0.1) is 0 Å². The standard InChI is InChI=1S/C7H18OSi/c1-5-7(3)8-9(4)6-2/h7,9H,5-6H2,1-4H3.